The van der Waals surface area contributed by atoms with E-state index in [0.717, 1.165) is 113 Å². The van der Waals surface area contributed by atoms with Gasteiger partial charge in [-0.3, -0.25) is 14.4 Å². The number of rotatable bonds is 13. The van der Waals surface area contributed by atoms with Crippen LogP contribution >= 0.6 is 0 Å². The second-order valence-electron chi connectivity index (χ2n) is 18.9. The number of nitrogens with one attached hydrogen (secondary N) is 2. The lowest BCUT2D eigenvalue weighted by molar-refractivity contribution is -0.157. The molecule has 0 atom stereocenters. The van der Waals surface area contributed by atoms with E-state index in [-0.39, 0.29) is 53.7 Å². The van der Waals surface area contributed by atoms with Crippen molar-refractivity contribution in [3.8, 4) is 0 Å². The van der Waals surface area contributed by atoms with Gasteiger partial charge in [-0.25, -0.2) is 27.5 Å². The second kappa shape index (κ2) is 21.0. The van der Waals surface area contributed by atoms with E-state index in [9.17, 15) is 37.1 Å². The number of ether oxygens (including phenoxy) is 1. The number of esters is 1. The molecule has 4 aliphatic rings. The lowest BCUT2D eigenvalue weighted by atomic mass is 9.57. The zero-order chi connectivity index (χ0) is 49.7. The van der Waals surface area contributed by atoms with Crippen LogP contribution in [0.3, 0.4) is 0 Å². The number of aliphatic hydroxyl groups is 1. The average molecular weight is 981 g/mol. The number of nitrogens with zero attached hydrogens (tertiary/aromatic N) is 8. The molecular weight excluding hydrogens is 929 g/mol. The maximum absolute atomic E-state index is 13.4. The highest BCUT2D eigenvalue weighted by atomic mass is 19.2. The Kier molecular flexibility index (Phi) is 14.4. The lowest BCUT2D eigenvalue weighted by Gasteiger charge is -2.52. The van der Waals surface area contributed by atoms with Gasteiger partial charge in [-0.2, -0.15) is 0 Å². The molecule has 10 rings (SSSR count). The molecule has 4 aromatic heterocycles. The van der Waals surface area contributed by atoms with Crippen molar-refractivity contribution in [3.05, 3.63) is 131 Å². The molecule has 6 aromatic rings. The van der Waals surface area contributed by atoms with Crippen LogP contribution in [0.15, 0.2) is 81.9 Å². The second-order valence-corrected chi connectivity index (χ2v) is 18.9. The highest BCUT2D eigenvalue weighted by Crippen LogP contribution is 2.54. The third kappa shape index (κ3) is 11.5. The highest BCUT2D eigenvalue weighted by Gasteiger charge is 2.49. The normalized spacial score (nSPS) is 17.2. The zero-order valence-electron chi connectivity index (χ0n) is 38.9. The number of aliphatic hydroxyl groups excluding tert-OH is 1. The largest absolute Gasteiger partial charge is 0.466 e. The van der Waals surface area contributed by atoms with Crippen LogP contribution in [0.1, 0.15) is 103 Å². The number of hydrogen-bond acceptors (Lipinski definition) is 15. The molecule has 2 aliphatic heterocycles. The molecular formula is C50H52F4N10O7. The topological polar surface area (TPSA) is 215 Å². The van der Waals surface area contributed by atoms with Crippen molar-refractivity contribution in [2.24, 2.45) is 22.7 Å². The Labute approximate surface area is 405 Å². The molecule has 2 saturated heterocycles. The Morgan fingerprint density at radius 1 is 0.648 bits per heavy atom. The van der Waals surface area contributed by atoms with Gasteiger partial charge in [-0.15, -0.1) is 20.4 Å². The summed E-state index contributed by atoms with van der Waals surface area (Å²) in [6, 6.07) is 14.2. The standard InChI is InChI=1S/C26H27F2N5O4.C24H25F2N5O3/c1-2-36-25(35)17-13-26(14-17)7-9-33(10-8-26)21-6-4-18(15-29-21)30-23(34)24-32-31-22(37-24)12-16-3-5-19(27)20(28)11-16;25-18-3-1-15(9-19(18)26)10-21-29-30-23(34-21)22(33)28-17-2-4-20(27-13-17)31-7-5-24(6-8-31)11-16(12-24)14-32/h3-6,11,15,17H,2,7-10,12-14H2,1H3,(H,30,34);1-4,9,13,16,32H,5-8,10-12,14H2,(H,28,33). The predicted molar refractivity (Wildman–Crippen MR) is 248 cm³/mol. The first-order valence-electron chi connectivity index (χ1n) is 23.6. The number of aromatic nitrogens is 6. The van der Waals surface area contributed by atoms with Crippen LogP contribution in [0.25, 0.3) is 0 Å². The lowest BCUT2D eigenvalue weighted by Crippen LogP contribution is -2.49. The smallest absolute Gasteiger partial charge is 0.313 e. The van der Waals surface area contributed by atoms with Crippen molar-refractivity contribution in [1.82, 2.24) is 30.4 Å². The number of halogens is 4. The fraction of sp³-hybridized carbons (Fsp3) is 0.420. The first kappa shape index (κ1) is 48.7. The Bertz CT molecular complexity index is 2830. The van der Waals surface area contributed by atoms with Crippen LogP contribution < -0.4 is 20.4 Å². The zero-order valence-corrected chi connectivity index (χ0v) is 38.9. The van der Waals surface area contributed by atoms with Crippen molar-refractivity contribution >= 4 is 40.8 Å². The summed E-state index contributed by atoms with van der Waals surface area (Å²) in [5.41, 5.74) is 2.48. The van der Waals surface area contributed by atoms with Crippen LogP contribution in [0, 0.1) is 45.9 Å². The fourth-order valence-electron chi connectivity index (χ4n) is 10.1. The maximum Gasteiger partial charge on any atom is 0.313 e. The molecule has 71 heavy (non-hydrogen) atoms. The molecule has 372 valence electrons. The molecule has 2 saturated carbocycles. The van der Waals surface area contributed by atoms with Gasteiger partial charge < -0.3 is 39.1 Å². The van der Waals surface area contributed by atoms with E-state index in [1.54, 1.807) is 24.5 Å². The summed E-state index contributed by atoms with van der Waals surface area (Å²) in [7, 11) is 0. The molecule has 2 spiro atoms. The molecule has 2 aliphatic carbocycles. The minimum Gasteiger partial charge on any atom is -0.466 e. The highest BCUT2D eigenvalue weighted by molar-refractivity contribution is 6.01. The first-order valence-corrected chi connectivity index (χ1v) is 23.6. The van der Waals surface area contributed by atoms with Crippen LogP contribution in [0.4, 0.5) is 40.6 Å². The summed E-state index contributed by atoms with van der Waals surface area (Å²) in [4.78, 5) is 50.3. The molecule has 3 N–H and O–H groups in total. The summed E-state index contributed by atoms with van der Waals surface area (Å²) in [5.74, 6) is -3.15. The van der Waals surface area contributed by atoms with E-state index in [1.165, 1.54) is 12.1 Å². The van der Waals surface area contributed by atoms with Crippen LogP contribution in [0.5, 0.6) is 0 Å². The third-order valence-electron chi connectivity index (χ3n) is 14.0. The molecule has 0 radical (unpaired) electrons. The van der Waals surface area contributed by atoms with E-state index in [1.807, 2.05) is 19.1 Å². The molecule has 0 unspecified atom stereocenters. The predicted octanol–water partition coefficient (Wildman–Crippen LogP) is 7.72. The van der Waals surface area contributed by atoms with Gasteiger partial charge in [0.05, 0.1) is 49.1 Å². The van der Waals surface area contributed by atoms with E-state index in [4.69, 9.17) is 13.6 Å². The van der Waals surface area contributed by atoms with Gasteiger partial charge in [-0.05, 0) is 135 Å². The summed E-state index contributed by atoms with van der Waals surface area (Å²) in [5, 5.41) is 29.7. The van der Waals surface area contributed by atoms with Gasteiger partial charge in [0.25, 0.3) is 0 Å². The molecule has 2 amide bonds. The monoisotopic (exact) mass is 980 g/mol. The summed E-state index contributed by atoms with van der Waals surface area (Å²) in [6.07, 6.45) is 11.5. The van der Waals surface area contributed by atoms with Crippen LogP contribution in [0.2, 0.25) is 0 Å². The Morgan fingerprint density at radius 3 is 1.49 bits per heavy atom. The number of benzene rings is 2. The minimum atomic E-state index is -0.972. The molecule has 6 heterocycles. The van der Waals surface area contributed by atoms with E-state index >= 15 is 0 Å². The van der Waals surface area contributed by atoms with Crippen molar-refractivity contribution < 1.29 is 50.6 Å². The summed E-state index contributed by atoms with van der Waals surface area (Å²) < 4.78 is 68.8. The molecule has 0 bridgehead atoms. The average Bonchev–Trinajstić information content (AvgIpc) is 4.04. The summed E-state index contributed by atoms with van der Waals surface area (Å²) >= 11 is 0. The number of piperidine rings is 2. The van der Waals surface area contributed by atoms with Gasteiger partial charge in [-0.1, -0.05) is 12.1 Å². The number of carbonyl (C=O) groups is 3. The third-order valence-corrected chi connectivity index (χ3v) is 14.0. The maximum atomic E-state index is 13.4. The van der Waals surface area contributed by atoms with Crippen molar-refractivity contribution in [2.45, 2.75) is 71.1 Å². The SMILES string of the molecule is CCOC(=O)C1CC2(CCN(c3ccc(NC(=O)c4nnc(Cc5ccc(F)c(F)c5)o4)cn3)CC2)C1.O=C(Nc1ccc(N2CCC3(CC2)CC(CO)C3)nc1)c1nnc(Cc2ccc(F)c(F)c2)o1. The Morgan fingerprint density at radius 2 is 1.10 bits per heavy atom. The van der Waals surface area contributed by atoms with Crippen molar-refractivity contribution in [2.75, 3.05) is 59.8 Å². The van der Waals surface area contributed by atoms with Gasteiger partial charge >= 0.3 is 29.6 Å². The number of amides is 2. The Balaban J connectivity index is 0.000000176. The summed E-state index contributed by atoms with van der Waals surface area (Å²) in [6.45, 7) is 6.12. The number of carbonyl (C=O) groups excluding carboxylic acids is 3. The van der Waals surface area contributed by atoms with Crippen molar-refractivity contribution in [3.63, 3.8) is 0 Å². The quantitative estimate of drug-likeness (QED) is 0.0746. The molecule has 2 aromatic carbocycles. The Hall–Kier alpha value is -7.29. The van der Waals surface area contributed by atoms with Crippen molar-refractivity contribution in [1.29, 1.82) is 0 Å². The van der Waals surface area contributed by atoms with E-state index < -0.39 is 35.1 Å². The first-order chi connectivity index (χ1) is 34.3. The van der Waals surface area contributed by atoms with Gasteiger partial charge in [0.2, 0.25) is 11.8 Å². The molecule has 21 heteroatoms. The van der Waals surface area contributed by atoms with Gasteiger partial charge in [0, 0.05) is 32.8 Å². The van der Waals surface area contributed by atoms with Crippen LogP contribution in [-0.2, 0) is 22.4 Å². The minimum absolute atomic E-state index is 0.0355. The fourth-order valence-corrected chi connectivity index (χ4v) is 10.1. The van der Waals surface area contributed by atoms with E-state index in [2.05, 4.69) is 50.8 Å². The number of pyridine rings is 2. The number of anilines is 4. The molecule has 4 fully saturated rings. The van der Waals surface area contributed by atoms with E-state index in [0.29, 0.717) is 47.0 Å². The van der Waals surface area contributed by atoms with Crippen LogP contribution in [-0.4, -0.2) is 92.6 Å². The van der Waals surface area contributed by atoms with Gasteiger partial charge in [0.15, 0.2) is 23.3 Å². The van der Waals surface area contributed by atoms with Gasteiger partial charge in [0.1, 0.15) is 11.6 Å². The number of hydrogen-bond donors (Lipinski definition) is 3. The molecule has 17 nitrogen and oxygen atoms in total.